The number of aryl methyl sites for hydroxylation is 2. The number of carbonyl (C=O) groups is 1. The molecule has 3 aromatic rings. The smallest absolute Gasteiger partial charge is 0.262 e. The van der Waals surface area contributed by atoms with Gasteiger partial charge in [0.2, 0.25) is 0 Å². The average Bonchev–Trinajstić information content (AvgIpc) is 2.76. The molecule has 0 aliphatic heterocycles. The van der Waals surface area contributed by atoms with Crippen molar-refractivity contribution in [3.8, 4) is 11.5 Å². The molecule has 0 spiro atoms. The molecule has 0 atom stereocenters. The summed E-state index contributed by atoms with van der Waals surface area (Å²) in [5.74, 6) is 0.812. The van der Waals surface area contributed by atoms with Gasteiger partial charge in [-0.25, -0.2) is 0 Å². The Bertz CT molecular complexity index is 1100. The van der Waals surface area contributed by atoms with Gasteiger partial charge in [0, 0.05) is 28.0 Å². The molecular weight excluding hydrogens is 447 g/mol. The van der Waals surface area contributed by atoms with Gasteiger partial charge in [0.1, 0.15) is 0 Å². The van der Waals surface area contributed by atoms with Crippen molar-refractivity contribution >= 4 is 40.5 Å². The monoisotopic (exact) mass is 472 g/mol. The van der Waals surface area contributed by atoms with E-state index in [1.807, 2.05) is 63.2 Å². The first-order valence-corrected chi connectivity index (χ1v) is 11.1. The van der Waals surface area contributed by atoms with Crippen molar-refractivity contribution in [2.45, 2.75) is 27.3 Å². The Morgan fingerprint density at radius 2 is 1.69 bits per heavy atom. The highest BCUT2D eigenvalue weighted by Gasteiger charge is 2.11. The van der Waals surface area contributed by atoms with E-state index in [-0.39, 0.29) is 12.5 Å². The zero-order valence-corrected chi connectivity index (χ0v) is 19.8. The third-order valence-electron chi connectivity index (χ3n) is 4.81. The summed E-state index contributed by atoms with van der Waals surface area (Å²) in [4.78, 5) is 12.4. The fourth-order valence-corrected chi connectivity index (χ4v) is 3.37. The van der Waals surface area contributed by atoms with Gasteiger partial charge in [-0.15, -0.1) is 0 Å². The SMILES string of the molecule is CCOc1cc(CNc2ccc(C)c(Cl)c2)ccc1OCC(=O)Nc1cc(Cl)ccc1C. The number of hydrogen-bond donors (Lipinski definition) is 2. The zero-order chi connectivity index (χ0) is 23.1. The molecular formula is C25H26Cl2N2O3. The summed E-state index contributed by atoms with van der Waals surface area (Å²) in [5, 5.41) is 7.45. The topological polar surface area (TPSA) is 59.6 Å². The lowest BCUT2D eigenvalue weighted by Crippen LogP contribution is -2.21. The van der Waals surface area contributed by atoms with Crippen molar-refractivity contribution in [3.05, 3.63) is 81.3 Å². The van der Waals surface area contributed by atoms with E-state index in [1.165, 1.54) is 0 Å². The largest absolute Gasteiger partial charge is 0.490 e. The minimum Gasteiger partial charge on any atom is -0.490 e. The molecule has 7 heteroatoms. The Labute approximate surface area is 198 Å². The molecule has 0 radical (unpaired) electrons. The predicted octanol–water partition coefficient (Wildman–Crippen LogP) is 6.64. The van der Waals surface area contributed by atoms with E-state index >= 15 is 0 Å². The summed E-state index contributed by atoms with van der Waals surface area (Å²) in [5.41, 5.74) is 4.56. The number of rotatable bonds is 9. The Balaban J connectivity index is 1.62. The first kappa shape index (κ1) is 23.8. The molecule has 0 aromatic heterocycles. The number of ether oxygens (including phenoxy) is 2. The van der Waals surface area contributed by atoms with Gasteiger partial charge >= 0.3 is 0 Å². The Morgan fingerprint density at radius 3 is 2.44 bits per heavy atom. The van der Waals surface area contributed by atoms with Gasteiger partial charge in [-0.05, 0) is 73.9 Å². The van der Waals surface area contributed by atoms with Crippen LogP contribution in [0.25, 0.3) is 0 Å². The molecule has 5 nitrogen and oxygen atoms in total. The van der Waals surface area contributed by atoms with Crippen molar-refractivity contribution in [2.24, 2.45) is 0 Å². The maximum absolute atomic E-state index is 12.4. The van der Waals surface area contributed by atoms with Gasteiger partial charge in [-0.1, -0.05) is 41.4 Å². The van der Waals surface area contributed by atoms with Crippen molar-refractivity contribution < 1.29 is 14.3 Å². The number of amides is 1. The number of carbonyl (C=O) groups excluding carboxylic acids is 1. The van der Waals surface area contributed by atoms with Crippen LogP contribution in [-0.4, -0.2) is 19.1 Å². The summed E-state index contributed by atoms with van der Waals surface area (Å²) >= 11 is 12.2. The average molecular weight is 473 g/mol. The number of benzene rings is 3. The molecule has 3 rings (SSSR count). The molecule has 0 fully saturated rings. The Morgan fingerprint density at radius 1 is 0.906 bits per heavy atom. The number of halogens is 2. The summed E-state index contributed by atoms with van der Waals surface area (Å²) < 4.78 is 11.5. The van der Waals surface area contributed by atoms with E-state index in [1.54, 1.807) is 12.1 Å². The molecule has 168 valence electrons. The third kappa shape index (κ3) is 6.55. The maximum atomic E-state index is 12.4. The van der Waals surface area contributed by atoms with Crippen molar-refractivity contribution in [1.82, 2.24) is 0 Å². The molecule has 0 bridgehead atoms. The molecule has 0 saturated carbocycles. The lowest BCUT2D eigenvalue weighted by molar-refractivity contribution is -0.118. The van der Waals surface area contributed by atoms with Crippen LogP contribution in [0.4, 0.5) is 11.4 Å². The molecule has 2 N–H and O–H groups in total. The van der Waals surface area contributed by atoms with E-state index in [9.17, 15) is 4.79 Å². The van der Waals surface area contributed by atoms with E-state index in [0.29, 0.717) is 35.4 Å². The van der Waals surface area contributed by atoms with Gasteiger partial charge < -0.3 is 20.1 Å². The lowest BCUT2D eigenvalue weighted by Gasteiger charge is -2.15. The maximum Gasteiger partial charge on any atom is 0.262 e. The van der Waals surface area contributed by atoms with Crippen LogP contribution < -0.4 is 20.1 Å². The first-order valence-electron chi connectivity index (χ1n) is 10.3. The van der Waals surface area contributed by atoms with E-state index in [0.717, 1.165) is 27.4 Å². The third-order valence-corrected chi connectivity index (χ3v) is 5.45. The number of hydrogen-bond acceptors (Lipinski definition) is 4. The van der Waals surface area contributed by atoms with Gasteiger partial charge in [0.25, 0.3) is 5.91 Å². The quantitative estimate of drug-likeness (QED) is 0.366. The first-order chi connectivity index (χ1) is 15.4. The molecule has 3 aromatic carbocycles. The van der Waals surface area contributed by atoms with E-state index < -0.39 is 0 Å². The highest BCUT2D eigenvalue weighted by molar-refractivity contribution is 6.31. The van der Waals surface area contributed by atoms with Crippen LogP contribution in [0.2, 0.25) is 10.0 Å². The van der Waals surface area contributed by atoms with E-state index in [4.69, 9.17) is 32.7 Å². The van der Waals surface area contributed by atoms with Crippen molar-refractivity contribution in [2.75, 3.05) is 23.8 Å². The second-order valence-corrected chi connectivity index (χ2v) is 8.17. The fraction of sp³-hybridized carbons (Fsp3) is 0.240. The highest BCUT2D eigenvalue weighted by Crippen LogP contribution is 2.29. The minimum absolute atomic E-state index is 0.147. The molecule has 0 saturated heterocycles. The summed E-state index contributed by atoms with van der Waals surface area (Å²) in [6, 6.07) is 16.8. The van der Waals surface area contributed by atoms with Gasteiger partial charge in [0.15, 0.2) is 18.1 Å². The normalized spacial score (nSPS) is 10.5. The second kappa shape index (κ2) is 11.1. The van der Waals surface area contributed by atoms with Crippen LogP contribution in [0.1, 0.15) is 23.6 Å². The van der Waals surface area contributed by atoms with Crippen LogP contribution in [0.5, 0.6) is 11.5 Å². The Hall–Kier alpha value is -2.89. The molecule has 32 heavy (non-hydrogen) atoms. The number of nitrogens with one attached hydrogen (secondary N) is 2. The molecule has 0 aliphatic rings. The summed E-state index contributed by atoms with van der Waals surface area (Å²) in [6.07, 6.45) is 0. The summed E-state index contributed by atoms with van der Waals surface area (Å²) in [7, 11) is 0. The van der Waals surface area contributed by atoms with Gasteiger partial charge in [-0.3, -0.25) is 4.79 Å². The van der Waals surface area contributed by atoms with Crippen LogP contribution in [-0.2, 0) is 11.3 Å². The highest BCUT2D eigenvalue weighted by atomic mass is 35.5. The fourth-order valence-electron chi connectivity index (χ4n) is 3.02. The van der Waals surface area contributed by atoms with Crippen molar-refractivity contribution in [3.63, 3.8) is 0 Å². The molecule has 1 amide bonds. The number of anilines is 2. The minimum atomic E-state index is -0.278. The van der Waals surface area contributed by atoms with Gasteiger partial charge in [-0.2, -0.15) is 0 Å². The van der Waals surface area contributed by atoms with Gasteiger partial charge in [0.05, 0.1) is 6.61 Å². The van der Waals surface area contributed by atoms with Crippen LogP contribution >= 0.6 is 23.2 Å². The van der Waals surface area contributed by atoms with E-state index in [2.05, 4.69) is 10.6 Å². The standard InChI is InChI=1S/C25H26Cl2N2O3/c1-4-31-24-11-18(14-28-20-9-6-16(2)21(27)13-20)7-10-23(24)32-15-25(30)29-22-12-19(26)8-5-17(22)3/h5-13,28H,4,14-15H2,1-3H3,(H,29,30). The zero-order valence-electron chi connectivity index (χ0n) is 18.3. The van der Waals surface area contributed by atoms with Crippen LogP contribution in [0.3, 0.4) is 0 Å². The van der Waals surface area contributed by atoms with Crippen LogP contribution in [0, 0.1) is 13.8 Å². The lowest BCUT2D eigenvalue weighted by atomic mass is 10.2. The summed E-state index contributed by atoms with van der Waals surface area (Å²) in [6.45, 7) is 6.69. The van der Waals surface area contributed by atoms with Crippen molar-refractivity contribution in [1.29, 1.82) is 0 Å². The predicted molar refractivity (Wildman–Crippen MR) is 131 cm³/mol. The van der Waals surface area contributed by atoms with Crippen LogP contribution in [0.15, 0.2) is 54.6 Å². The molecule has 0 unspecified atom stereocenters. The second-order valence-electron chi connectivity index (χ2n) is 7.33. The molecule has 0 aliphatic carbocycles. The Kier molecular flexibility index (Phi) is 8.26. The molecule has 0 heterocycles.